The lowest BCUT2D eigenvalue weighted by molar-refractivity contribution is -0.297. The standard InChI is InChI=1S/C34H39FO6/c1-32(2)13-6-16-41-34(32,38)29-17-22(9-11-26(29)27-19-24(39-4)10-12-30(27)35)21-40-25-8-5-7-23(18-25)28(20-31(36)37)33(3)14-15-33/h5,7-12,17-19,28,38H,6,13-16,20-21H2,1-4H3,(H,36,37)/t28-,34?/m0/s1. The molecule has 1 aliphatic heterocycles. The number of aliphatic carboxylic acids is 1. The molecule has 3 aromatic carbocycles. The van der Waals surface area contributed by atoms with E-state index in [1.54, 1.807) is 18.2 Å². The molecular formula is C34H39FO6. The van der Waals surface area contributed by atoms with Gasteiger partial charge in [-0.25, -0.2) is 4.39 Å². The average Bonchev–Trinajstić information content (AvgIpc) is 3.70. The van der Waals surface area contributed by atoms with Gasteiger partial charge in [-0.2, -0.15) is 0 Å². The van der Waals surface area contributed by atoms with Crippen molar-refractivity contribution in [3.63, 3.8) is 0 Å². The molecule has 41 heavy (non-hydrogen) atoms. The third-order valence-corrected chi connectivity index (χ3v) is 9.01. The summed E-state index contributed by atoms with van der Waals surface area (Å²) in [5.74, 6) is -1.80. The van der Waals surface area contributed by atoms with Crippen molar-refractivity contribution in [3.05, 3.63) is 83.2 Å². The Labute approximate surface area is 241 Å². The van der Waals surface area contributed by atoms with Gasteiger partial charge in [-0.05, 0) is 90.1 Å². The molecule has 0 radical (unpaired) electrons. The molecule has 2 N–H and O–H groups in total. The van der Waals surface area contributed by atoms with Crippen LogP contribution in [-0.4, -0.2) is 29.9 Å². The zero-order valence-electron chi connectivity index (χ0n) is 24.2. The molecule has 0 amide bonds. The second kappa shape index (κ2) is 11.1. The normalized spacial score (nSPS) is 21.6. The second-order valence-electron chi connectivity index (χ2n) is 12.4. The zero-order valence-corrected chi connectivity index (χ0v) is 24.2. The first-order valence-electron chi connectivity index (χ1n) is 14.2. The molecule has 1 saturated carbocycles. The number of ether oxygens (including phenoxy) is 3. The van der Waals surface area contributed by atoms with Gasteiger partial charge < -0.3 is 24.4 Å². The van der Waals surface area contributed by atoms with Crippen LogP contribution in [0.4, 0.5) is 4.39 Å². The van der Waals surface area contributed by atoms with Crippen molar-refractivity contribution in [1.29, 1.82) is 0 Å². The van der Waals surface area contributed by atoms with Gasteiger partial charge in [-0.1, -0.05) is 45.0 Å². The molecule has 2 aliphatic rings. The van der Waals surface area contributed by atoms with Gasteiger partial charge in [0.1, 0.15) is 23.9 Å². The summed E-state index contributed by atoms with van der Waals surface area (Å²) < 4.78 is 32.8. The number of benzene rings is 3. The largest absolute Gasteiger partial charge is 0.497 e. The highest BCUT2D eigenvalue weighted by Gasteiger charge is 2.50. The Morgan fingerprint density at radius 3 is 2.46 bits per heavy atom. The van der Waals surface area contributed by atoms with Crippen LogP contribution in [0, 0.1) is 16.6 Å². The van der Waals surface area contributed by atoms with Crippen LogP contribution in [0.3, 0.4) is 0 Å². The summed E-state index contributed by atoms with van der Waals surface area (Å²) >= 11 is 0. The first-order valence-corrected chi connectivity index (χ1v) is 14.2. The lowest BCUT2D eigenvalue weighted by atomic mass is 9.72. The van der Waals surface area contributed by atoms with Crippen molar-refractivity contribution in [1.82, 2.24) is 0 Å². The number of carboxylic acids is 1. The molecule has 2 atom stereocenters. The Hall–Kier alpha value is -3.42. The Bertz CT molecular complexity index is 1430. The van der Waals surface area contributed by atoms with Crippen molar-refractivity contribution in [2.45, 2.75) is 71.2 Å². The number of hydrogen-bond donors (Lipinski definition) is 2. The smallest absolute Gasteiger partial charge is 0.303 e. The highest BCUT2D eigenvalue weighted by molar-refractivity contribution is 5.71. The van der Waals surface area contributed by atoms with Gasteiger partial charge in [0.25, 0.3) is 0 Å². The topological polar surface area (TPSA) is 85.2 Å². The molecule has 2 fully saturated rings. The van der Waals surface area contributed by atoms with Crippen LogP contribution in [0.5, 0.6) is 11.5 Å². The predicted octanol–water partition coefficient (Wildman–Crippen LogP) is 7.42. The van der Waals surface area contributed by atoms with E-state index in [0.29, 0.717) is 34.8 Å². The summed E-state index contributed by atoms with van der Waals surface area (Å²) in [4.78, 5) is 11.6. The third kappa shape index (κ3) is 5.84. The van der Waals surface area contributed by atoms with E-state index in [1.807, 2.05) is 50.2 Å². The fourth-order valence-electron chi connectivity index (χ4n) is 6.05. The van der Waals surface area contributed by atoms with E-state index in [-0.39, 0.29) is 24.4 Å². The first kappa shape index (κ1) is 29.1. The van der Waals surface area contributed by atoms with Crippen LogP contribution in [0.1, 0.15) is 75.5 Å². The molecule has 7 heteroatoms. The van der Waals surface area contributed by atoms with E-state index in [1.165, 1.54) is 13.2 Å². The summed E-state index contributed by atoms with van der Waals surface area (Å²) in [6.07, 6.45) is 3.67. The number of hydrogen-bond acceptors (Lipinski definition) is 5. The minimum atomic E-state index is -1.64. The summed E-state index contributed by atoms with van der Waals surface area (Å²) in [6, 6.07) is 17.7. The van der Waals surface area contributed by atoms with Crippen molar-refractivity contribution in [2.75, 3.05) is 13.7 Å². The van der Waals surface area contributed by atoms with Crippen LogP contribution in [0.25, 0.3) is 11.1 Å². The Morgan fingerprint density at radius 2 is 1.78 bits per heavy atom. The molecule has 218 valence electrons. The number of halogens is 1. The van der Waals surface area contributed by atoms with Crippen LogP contribution < -0.4 is 9.47 Å². The number of aliphatic hydroxyl groups is 1. The van der Waals surface area contributed by atoms with E-state index < -0.39 is 23.0 Å². The van der Waals surface area contributed by atoms with Crippen molar-refractivity contribution in [3.8, 4) is 22.6 Å². The molecule has 1 unspecified atom stereocenters. The highest BCUT2D eigenvalue weighted by atomic mass is 19.1. The molecule has 1 heterocycles. The van der Waals surface area contributed by atoms with Crippen LogP contribution in [0.15, 0.2) is 60.7 Å². The van der Waals surface area contributed by atoms with E-state index >= 15 is 4.39 Å². The zero-order chi connectivity index (χ0) is 29.4. The lowest BCUT2D eigenvalue weighted by Gasteiger charge is -2.47. The summed E-state index contributed by atoms with van der Waals surface area (Å²) in [5.41, 5.74) is 2.44. The summed E-state index contributed by atoms with van der Waals surface area (Å²) in [5, 5.41) is 21.5. The lowest BCUT2D eigenvalue weighted by Crippen LogP contribution is -2.48. The fraction of sp³-hybridized carbons (Fsp3) is 0.441. The highest BCUT2D eigenvalue weighted by Crippen LogP contribution is 2.57. The Kier molecular flexibility index (Phi) is 7.88. The van der Waals surface area contributed by atoms with Gasteiger partial charge in [0.15, 0.2) is 5.79 Å². The van der Waals surface area contributed by atoms with E-state index in [9.17, 15) is 15.0 Å². The molecule has 0 bridgehead atoms. The van der Waals surface area contributed by atoms with Gasteiger partial charge in [0.2, 0.25) is 0 Å². The molecule has 5 rings (SSSR count). The van der Waals surface area contributed by atoms with Gasteiger partial charge in [-0.15, -0.1) is 0 Å². The number of carboxylic acid groups (broad SMARTS) is 1. The fourth-order valence-corrected chi connectivity index (χ4v) is 6.05. The molecule has 1 aliphatic carbocycles. The van der Waals surface area contributed by atoms with Crippen LogP contribution >= 0.6 is 0 Å². The van der Waals surface area contributed by atoms with Gasteiger partial charge in [-0.3, -0.25) is 4.79 Å². The molecular weight excluding hydrogens is 523 g/mol. The van der Waals surface area contributed by atoms with Crippen molar-refractivity contribution >= 4 is 5.97 Å². The quantitative estimate of drug-likeness (QED) is 0.267. The molecule has 1 saturated heterocycles. The minimum absolute atomic E-state index is 0.000612. The van der Waals surface area contributed by atoms with Gasteiger partial charge in [0, 0.05) is 16.5 Å². The Morgan fingerprint density at radius 1 is 1.00 bits per heavy atom. The maximum atomic E-state index is 15.2. The van der Waals surface area contributed by atoms with Gasteiger partial charge >= 0.3 is 5.97 Å². The monoisotopic (exact) mass is 562 g/mol. The van der Waals surface area contributed by atoms with Crippen LogP contribution in [-0.2, 0) is 21.9 Å². The molecule has 0 spiro atoms. The maximum Gasteiger partial charge on any atom is 0.303 e. The maximum absolute atomic E-state index is 15.2. The van der Waals surface area contributed by atoms with Crippen molar-refractivity contribution < 1.29 is 33.6 Å². The van der Waals surface area contributed by atoms with Gasteiger partial charge in [0.05, 0.1) is 20.1 Å². The minimum Gasteiger partial charge on any atom is -0.497 e. The van der Waals surface area contributed by atoms with Crippen LogP contribution in [0.2, 0.25) is 0 Å². The van der Waals surface area contributed by atoms with E-state index in [2.05, 4.69) is 6.92 Å². The Balaban J connectivity index is 1.48. The number of rotatable bonds is 10. The predicted molar refractivity (Wildman–Crippen MR) is 154 cm³/mol. The van der Waals surface area contributed by atoms with Crippen molar-refractivity contribution in [2.24, 2.45) is 10.8 Å². The third-order valence-electron chi connectivity index (χ3n) is 9.01. The van der Waals surface area contributed by atoms with E-state index in [4.69, 9.17) is 14.2 Å². The number of carbonyl (C=O) groups is 1. The van der Waals surface area contributed by atoms with E-state index in [0.717, 1.165) is 36.8 Å². The summed E-state index contributed by atoms with van der Waals surface area (Å²) in [7, 11) is 1.53. The number of methoxy groups -OCH3 is 1. The average molecular weight is 563 g/mol. The molecule has 3 aromatic rings. The summed E-state index contributed by atoms with van der Waals surface area (Å²) in [6.45, 7) is 6.65. The second-order valence-corrected chi connectivity index (χ2v) is 12.4. The molecule has 0 aromatic heterocycles. The first-order chi connectivity index (χ1) is 19.5. The SMILES string of the molecule is COc1ccc(F)c(-c2ccc(COc3cccc([C@H](CC(=O)O)C4(C)CC4)c3)cc2C2(O)OCCCC2(C)C)c1. The molecule has 6 nitrogen and oxygen atoms in total.